The molecular weight excluding hydrogens is 500 g/mol. The summed E-state index contributed by atoms with van der Waals surface area (Å²) in [6.07, 6.45) is 10.6. The number of rotatable bonds is 6. The summed E-state index contributed by atoms with van der Waals surface area (Å²) in [4.78, 5) is 41.7. The van der Waals surface area contributed by atoms with Gasteiger partial charge in [-0.15, -0.1) is 0 Å². The highest BCUT2D eigenvalue weighted by molar-refractivity contribution is 5.88. The van der Waals surface area contributed by atoms with Gasteiger partial charge in [-0.25, -0.2) is 14.6 Å². The number of nitrogens with one attached hydrogen (secondary N) is 4. The second-order valence-corrected chi connectivity index (χ2v) is 9.93. The lowest BCUT2D eigenvalue weighted by Crippen LogP contribution is -2.40. The standard InChI is InChI=1S/C19H19N7O3.C8H13NO/c1-25-10-12(8-21-25)11-4-13(6-14(5-11)23-19(28)29-3)22-17-7-15-16(9-20-17)26(2)18(27)24-15;10-8(6-4-5-6)9-7-2-1-3-7/h4-10H,1-3H3,(H,20,22)(H,23,28)(H,24,27);6-7H,1-5H2,(H,9,10). The Morgan fingerprint density at radius 2 is 1.79 bits per heavy atom. The van der Waals surface area contributed by atoms with Crippen molar-refractivity contribution < 1.29 is 14.3 Å². The van der Waals surface area contributed by atoms with E-state index in [-0.39, 0.29) is 5.69 Å². The Balaban J connectivity index is 0.000000257. The highest BCUT2D eigenvalue weighted by atomic mass is 16.5. The third-order valence-electron chi connectivity index (χ3n) is 6.87. The quantitative estimate of drug-likeness (QED) is 0.296. The minimum Gasteiger partial charge on any atom is -0.453 e. The Morgan fingerprint density at radius 1 is 1.03 bits per heavy atom. The number of benzene rings is 1. The van der Waals surface area contributed by atoms with Gasteiger partial charge < -0.3 is 20.4 Å². The topological polar surface area (TPSA) is 148 Å². The molecule has 12 nitrogen and oxygen atoms in total. The smallest absolute Gasteiger partial charge is 0.411 e. The fourth-order valence-electron chi connectivity index (χ4n) is 4.24. The largest absolute Gasteiger partial charge is 0.453 e. The van der Waals surface area contributed by atoms with Crippen LogP contribution in [0.3, 0.4) is 0 Å². The Morgan fingerprint density at radius 3 is 2.44 bits per heavy atom. The van der Waals surface area contributed by atoms with Crippen LogP contribution < -0.4 is 21.6 Å². The molecule has 2 amide bonds. The number of amides is 2. The maximum absolute atomic E-state index is 11.8. The molecule has 3 aromatic heterocycles. The predicted octanol–water partition coefficient (Wildman–Crippen LogP) is 3.65. The van der Waals surface area contributed by atoms with Gasteiger partial charge in [-0.05, 0) is 55.9 Å². The molecule has 0 atom stereocenters. The van der Waals surface area contributed by atoms with Gasteiger partial charge >= 0.3 is 11.8 Å². The normalized spacial score (nSPS) is 14.6. The van der Waals surface area contributed by atoms with E-state index in [1.165, 1.54) is 30.9 Å². The summed E-state index contributed by atoms with van der Waals surface area (Å²) in [5, 5.41) is 13.1. The minimum atomic E-state index is -0.569. The van der Waals surface area contributed by atoms with Gasteiger partial charge in [-0.2, -0.15) is 5.10 Å². The van der Waals surface area contributed by atoms with E-state index >= 15 is 0 Å². The summed E-state index contributed by atoms with van der Waals surface area (Å²) in [6, 6.07) is 7.79. The average Bonchev–Trinajstić information content (AvgIpc) is 3.59. The van der Waals surface area contributed by atoms with Crippen molar-refractivity contribution in [2.24, 2.45) is 20.0 Å². The Bertz CT molecular complexity index is 1560. The number of hydrogen-bond acceptors (Lipinski definition) is 7. The minimum absolute atomic E-state index is 0.206. The summed E-state index contributed by atoms with van der Waals surface area (Å²) in [5.41, 5.74) is 4.16. The number of aromatic amines is 1. The van der Waals surface area contributed by atoms with Crippen LogP contribution in [0.5, 0.6) is 0 Å². The number of aromatic nitrogens is 5. The van der Waals surface area contributed by atoms with Gasteiger partial charge in [0.2, 0.25) is 5.91 Å². The van der Waals surface area contributed by atoms with Gasteiger partial charge in [-0.3, -0.25) is 19.4 Å². The Kier molecular flexibility index (Phi) is 7.35. The first-order chi connectivity index (χ1) is 18.8. The average molecular weight is 533 g/mol. The zero-order chi connectivity index (χ0) is 27.5. The van der Waals surface area contributed by atoms with Crippen LogP contribution in [0.15, 0.2) is 47.7 Å². The third kappa shape index (κ3) is 6.28. The molecule has 0 radical (unpaired) electrons. The SMILES string of the molecule is COC(=O)Nc1cc(Nc2cc3[nH]c(=O)n(C)c3cn2)cc(-c2cnn(C)c2)c1.O=C(NC1CCC1)C1CC1. The van der Waals surface area contributed by atoms with Crippen LogP contribution in [0.4, 0.5) is 22.0 Å². The van der Waals surface area contributed by atoms with E-state index in [2.05, 4.69) is 35.8 Å². The van der Waals surface area contributed by atoms with Crippen molar-refractivity contribution in [2.45, 2.75) is 38.1 Å². The number of carbonyl (C=O) groups excluding carboxylic acids is 2. The van der Waals surface area contributed by atoms with E-state index in [1.54, 1.807) is 36.3 Å². The van der Waals surface area contributed by atoms with Crippen molar-refractivity contribution in [1.29, 1.82) is 0 Å². The second-order valence-electron chi connectivity index (χ2n) is 9.93. The lowest BCUT2D eigenvalue weighted by atomic mass is 9.93. The lowest BCUT2D eigenvalue weighted by Gasteiger charge is -2.26. The third-order valence-corrected chi connectivity index (χ3v) is 6.87. The molecule has 0 aliphatic heterocycles. The molecule has 2 fully saturated rings. The summed E-state index contributed by atoms with van der Waals surface area (Å²) in [7, 11) is 4.82. The number of pyridine rings is 1. The molecule has 204 valence electrons. The summed E-state index contributed by atoms with van der Waals surface area (Å²) in [6.45, 7) is 0. The second kappa shape index (κ2) is 11.0. The van der Waals surface area contributed by atoms with Crippen molar-refractivity contribution in [3.63, 3.8) is 0 Å². The van der Waals surface area contributed by atoms with Crippen LogP contribution in [-0.4, -0.2) is 49.5 Å². The van der Waals surface area contributed by atoms with Gasteiger partial charge in [0.15, 0.2) is 0 Å². The first-order valence-corrected chi connectivity index (χ1v) is 12.9. The molecule has 1 aromatic carbocycles. The fourth-order valence-corrected chi connectivity index (χ4v) is 4.24. The van der Waals surface area contributed by atoms with Crippen LogP contribution in [0.2, 0.25) is 0 Å². The van der Waals surface area contributed by atoms with Crippen molar-refractivity contribution >= 4 is 40.2 Å². The summed E-state index contributed by atoms with van der Waals surface area (Å²) < 4.78 is 7.88. The molecule has 2 saturated carbocycles. The van der Waals surface area contributed by atoms with Gasteiger partial charge in [0.1, 0.15) is 5.82 Å². The van der Waals surface area contributed by atoms with E-state index in [9.17, 15) is 14.4 Å². The predicted molar refractivity (Wildman–Crippen MR) is 148 cm³/mol. The van der Waals surface area contributed by atoms with Crippen molar-refractivity contribution in [3.8, 4) is 11.1 Å². The van der Waals surface area contributed by atoms with E-state index in [1.807, 2.05) is 25.4 Å². The number of aryl methyl sites for hydroxylation is 2. The highest BCUT2D eigenvalue weighted by Crippen LogP contribution is 2.30. The molecule has 12 heteroatoms. The zero-order valence-corrected chi connectivity index (χ0v) is 22.2. The number of hydrogen-bond donors (Lipinski definition) is 4. The van der Waals surface area contributed by atoms with Crippen LogP contribution in [0.25, 0.3) is 22.2 Å². The van der Waals surface area contributed by atoms with Crippen LogP contribution in [-0.2, 0) is 23.6 Å². The molecule has 0 bridgehead atoms. The number of fused-ring (bicyclic) bond motifs is 1. The molecule has 2 aliphatic rings. The summed E-state index contributed by atoms with van der Waals surface area (Å²) in [5.74, 6) is 1.25. The zero-order valence-electron chi connectivity index (χ0n) is 22.2. The molecule has 39 heavy (non-hydrogen) atoms. The maximum atomic E-state index is 11.8. The van der Waals surface area contributed by atoms with Crippen LogP contribution >= 0.6 is 0 Å². The number of anilines is 3. The first-order valence-electron chi connectivity index (χ1n) is 12.9. The van der Waals surface area contributed by atoms with Crippen molar-refractivity contribution in [1.82, 2.24) is 29.6 Å². The van der Waals surface area contributed by atoms with E-state index in [0.717, 1.165) is 24.0 Å². The number of nitrogens with zero attached hydrogens (tertiary/aromatic N) is 4. The van der Waals surface area contributed by atoms with Gasteiger partial charge in [0.05, 0.1) is 30.5 Å². The van der Waals surface area contributed by atoms with Crippen LogP contribution in [0, 0.1) is 5.92 Å². The molecule has 6 rings (SSSR count). The molecule has 4 N–H and O–H groups in total. The lowest BCUT2D eigenvalue weighted by molar-refractivity contribution is -0.123. The van der Waals surface area contributed by atoms with Crippen molar-refractivity contribution in [3.05, 3.63) is 53.3 Å². The van der Waals surface area contributed by atoms with E-state index in [4.69, 9.17) is 0 Å². The molecule has 3 heterocycles. The Labute approximate surface area is 224 Å². The number of carbonyl (C=O) groups is 2. The Hall–Kier alpha value is -4.61. The number of methoxy groups -OCH3 is 1. The molecular formula is C27H32N8O4. The molecule has 2 aliphatic carbocycles. The highest BCUT2D eigenvalue weighted by Gasteiger charge is 2.31. The molecule has 0 saturated heterocycles. The van der Waals surface area contributed by atoms with Gasteiger partial charge in [0.25, 0.3) is 0 Å². The first kappa shape index (κ1) is 26.0. The van der Waals surface area contributed by atoms with Crippen LogP contribution in [0.1, 0.15) is 32.1 Å². The van der Waals surface area contributed by atoms with E-state index in [0.29, 0.717) is 46.1 Å². The molecule has 0 spiro atoms. The maximum Gasteiger partial charge on any atom is 0.411 e. The summed E-state index contributed by atoms with van der Waals surface area (Å²) >= 11 is 0. The number of imidazole rings is 1. The van der Waals surface area contributed by atoms with Crippen molar-refractivity contribution in [2.75, 3.05) is 17.7 Å². The molecule has 0 unspecified atom stereocenters. The van der Waals surface area contributed by atoms with Gasteiger partial charge in [-0.1, -0.05) is 0 Å². The molecule has 4 aromatic rings. The monoisotopic (exact) mass is 532 g/mol. The van der Waals surface area contributed by atoms with E-state index < -0.39 is 6.09 Å². The van der Waals surface area contributed by atoms with Gasteiger partial charge in [0, 0.05) is 55.3 Å². The number of ether oxygens (including phenoxy) is 1. The number of H-pyrrole nitrogens is 1. The fraction of sp³-hybridized carbons (Fsp3) is 0.370.